The van der Waals surface area contributed by atoms with Crippen LogP contribution in [-0.4, -0.2) is 57.9 Å². The van der Waals surface area contributed by atoms with Gasteiger partial charge in [-0.05, 0) is 37.6 Å². The number of nitrogens with zero attached hydrogens (tertiary/aromatic N) is 1. The number of benzene rings is 1. The Kier molecular flexibility index (Phi) is 7.19. The Hall–Kier alpha value is -1.59. The van der Waals surface area contributed by atoms with Crippen molar-refractivity contribution in [1.29, 1.82) is 0 Å². The van der Waals surface area contributed by atoms with Crippen molar-refractivity contribution >= 4 is 11.6 Å². The first-order chi connectivity index (χ1) is 10.0. The third kappa shape index (κ3) is 4.72. The predicted octanol–water partition coefficient (Wildman–Crippen LogP) is 2.16. The molecule has 1 unspecified atom stereocenters. The second kappa shape index (κ2) is 8.64. The number of carbonyl (C=O) groups is 1. The van der Waals surface area contributed by atoms with Crippen LogP contribution in [-0.2, 0) is 9.47 Å². The summed E-state index contributed by atoms with van der Waals surface area (Å²) in [5, 5.41) is 3.08. The van der Waals surface area contributed by atoms with E-state index in [2.05, 4.69) is 5.32 Å². The van der Waals surface area contributed by atoms with Crippen LogP contribution < -0.4 is 5.32 Å². The van der Waals surface area contributed by atoms with Crippen LogP contribution in [0.15, 0.2) is 18.2 Å². The lowest BCUT2D eigenvalue weighted by atomic mass is 10.1. The van der Waals surface area contributed by atoms with Gasteiger partial charge in [-0.1, -0.05) is 0 Å². The van der Waals surface area contributed by atoms with Crippen LogP contribution in [0.25, 0.3) is 0 Å². The monoisotopic (exact) mass is 294 g/mol. The Morgan fingerprint density at radius 1 is 1.33 bits per heavy atom. The van der Waals surface area contributed by atoms with Gasteiger partial charge in [0.05, 0.1) is 19.3 Å². The van der Waals surface area contributed by atoms with Crippen LogP contribution in [0, 0.1) is 6.92 Å². The summed E-state index contributed by atoms with van der Waals surface area (Å²) in [5.41, 5.74) is 2.67. The van der Waals surface area contributed by atoms with E-state index in [1.54, 1.807) is 19.1 Å². The molecule has 0 aliphatic heterocycles. The van der Waals surface area contributed by atoms with Crippen molar-refractivity contribution < 1.29 is 14.3 Å². The second-order valence-electron chi connectivity index (χ2n) is 5.08. The van der Waals surface area contributed by atoms with Gasteiger partial charge in [-0.3, -0.25) is 4.79 Å². The van der Waals surface area contributed by atoms with Crippen LogP contribution in [0.4, 0.5) is 5.69 Å². The zero-order valence-corrected chi connectivity index (χ0v) is 13.6. The number of nitrogens with one attached hydrogen (secondary N) is 1. The van der Waals surface area contributed by atoms with E-state index in [-0.39, 0.29) is 11.9 Å². The first kappa shape index (κ1) is 17.5. The fraction of sp³-hybridized carbons (Fsp3) is 0.562. The number of amides is 1. The van der Waals surface area contributed by atoms with Gasteiger partial charge in [0.2, 0.25) is 0 Å². The van der Waals surface area contributed by atoms with Gasteiger partial charge < -0.3 is 19.7 Å². The number of aryl methyl sites for hydroxylation is 1. The van der Waals surface area contributed by atoms with Crippen LogP contribution in [0.3, 0.4) is 0 Å². The molecule has 1 atom stereocenters. The fourth-order valence-electron chi connectivity index (χ4n) is 2.26. The molecule has 1 rings (SSSR count). The number of anilines is 1. The van der Waals surface area contributed by atoms with Crippen LogP contribution >= 0.6 is 0 Å². The molecule has 0 aliphatic rings. The first-order valence-corrected chi connectivity index (χ1v) is 7.12. The summed E-state index contributed by atoms with van der Waals surface area (Å²) in [5.74, 6) is 0.0109. The van der Waals surface area contributed by atoms with E-state index in [0.717, 1.165) is 11.3 Å². The lowest BCUT2D eigenvalue weighted by molar-refractivity contribution is 0.0479. The zero-order valence-electron chi connectivity index (χ0n) is 13.6. The summed E-state index contributed by atoms with van der Waals surface area (Å²) in [4.78, 5) is 14.6. The maximum atomic E-state index is 12.8. The molecule has 0 heterocycles. The molecule has 1 amide bonds. The highest BCUT2D eigenvalue weighted by Crippen LogP contribution is 2.18. The Morgan fingerprint density at radius 2 is 2.05 bits per heavy atom. The number of ether oxygens (including phenoxy) is 2. The lowest BCUT2D eigenvalue weighted by Gasteiger charge is -2.29. The summed E-state index contributed by atoms with van der Waals surface area (Å²) < 4.78 is 10.3. The van der Waals surface area contributed by atoms with Gasteiger partial charge in [0.1, 0.15) is 0 Å². The Balaban J connectivity index is 2.98. The number of rotatable bonds is 8. The standard InChI is InChI=1S/C16H26N2O3/c1-12-10-14(17-3)6-7-15(12)16(19)18(8-9-20-4)13(2)11-21-5/h6-7,10,13,17H,8-9,11H2,1-5H3. The van der Waals surface area contributed by atoms with E-state index in [9.17, 15) is 4.79 Å². The highest BCUT2D eigenvalue weighted by molar-refractivity contribution is 5.96. The molecule has 0 spiro atoms. The predicted molar refractivity (Wildman–Crippen MR) is 85.0 cm³/mol. The third-order valence-corrected chi connectivity index (χ3v) is 3.48. The quantitative estimate of drug-likeness (QED) is 0.798. The van der Waals surface area contributed by atoms with Gasteiger partial charge in [0, 0.05) is 39.1 Å². The normalized spacial score (nSPS) is 12.0. The molecule has 118 valence electrons. The van der Waals surface area contributed by atoms with E-state index >= 15 is 0 Å². The van der Waals surface area contributed by atoms with E-state index in [1.165, 1.54) is 0 Å². The largest absolute Gasteiger partial charge is 0.388 e. The van der Waals surface area contributed by atoms with Crippen LogP contribution in [0.1, 0.15) is 22.8 Å². The molecule has 1 aromatic rings. The molecule has 0 radical (unpaired) electrons. The highest BCUT2D eigenvalue weighted by Gasteiger charge is 2.22. The number of hydrogen-bond acceptors (Lipinski definition) is 4. The molecule has 21 heavy (non-hydrogen) atoms. The molecule has 1 N–H and O–H groups in total. The van der Waals surface area contributed by atoms with Crippen molar-refractivity contribution in [2.45, 2.75) is 19.9 Å². The molecule has 0 bridgehead atoms. The van der Waals surface area contributed by atoms with E-state index < -0.39 is 0 Å². The van der Waals surface area contributed by atoms with Gasteiger partial charge in [0.15, 0.2) is 0 Å². The van der Waals surface area contributed by atoms with Gasteiger partial charge in [0.25, 0.3) is 5.91 Å². The Morgan fingerprint density at radius 3 is 2.57 bits per heavy atom. The average Bonchev–Trinajstić information content (AvgIpc) is 2.47. The molecule has 1 aromatic carbocycles. The van der Waals surface area contributed by atoms with Crippen molar-refractivity contribution in [2.75, 3.05) is 46.3 Å². The summed E-state index contributed by atoms with van der Waals surface area (Å²) in [6.45, 7) is 5.49. The van der Waals surface area contributed by atoms with E-state index in [0.29, 0.717) is 25.3 Å². The number of hydrogen-bond donors (Lipinski definition) is 1. The van der Waals surface area contributed by atoms with Gasteiger partial charge in [-0.25, -0.2) is 0 Å². The van der Waals surface area contributed by atoms with Gasteiger partial charge >= 0.3 is 0 Å². The summed E-state index contributed by atoms with van der Waals surface area (Å²) in [6, 6.07) is 5.75. The van der Waals surface area contributed by atoms with Crippen molar-refractivity contribution in [2.24, 2.45) is 0 Å². The maximum Gasteiger partial charge on any atom is 0.254 e. The molecule has 5 heteroatoms. The molecule has 0 fully saturated rings. The molecule has 0 aliphatic carbocycles. The smallest absolute Gasteiger partial charge is 0.254 e. The Labute approximate surface area is 127 Å². The van der Waals surface area contributed by atoms with Crippen molar-refractivity contribution in [1.82, 2.24) is 4.90 Å². The molecule has 0 saturated heterocycles. The molecule has 0 aromatic heterocycles. The second-order valence-corrected chi connectivity index (χ2v) is 5.08. The lowest BCUT2D eigenvalue weighted by Crippen LogP contribution is -2.43. The average molecular weight is 294 g/mol. The SMILES string of the molecule is CNc1ccc(C(=O)N(CCOC)C(C)COC)c(C)c1. The first-order valence-electron chi connectivity index (χ1n) is 7.12. The number of methoxy groups -OCH3 is 2. The van der Waals surface area contributed by atoms with E-state index in [4.69, 9.17) is 9.47 Å². The van der Waals surface area contributed by atoms with Crippen LogP contribution in [0.2, 0.25) is 0 Å². The van der Waals surface area contributed by atoms with Crippen molar-refractivity contribution in [3.05, 3.63) is 29.3 Å². The summed E-state index contributed by atoms with van der Waals surface area (Å²) in [6.07, 6.45) is 0. The molecular formula is C16H26N2O3. The minimum Gasteiger partial charge on any atom is -0.388 e. The zero-order chi connectivity index (χ0) is 15.8. The van der Waals surface area contributed by atoms with Gasteiger partial charge in [-0.15, -0.1) is 0 Å². The van der Waals surface area contributed by atoms with E-state index in [1.807, 2.05) is 39.1 Å². The minimum atomic E-state index is 0.000951. The van der Waals surface area contributed by atoms with Crippen molar-refractivity contribution in [3.8, 4) is 0 Å². The summed E-state index contributed by atoms with van der Waals surface area (Å²) in [7, 11) is 5.14. The van der Waals surface area contributed by atoms with Gasteiger partial charge in [-0.2, -0.15) is 0 Å². The topological polar surface area (TPSA) is 50.8 Å². The third-order valence-electron chi connectivity index (χ3n) is 3.48. The molecule has 0 saturated carbocycles. The number of carbonyl (C=O) groups excluding carboxylic acids is 1. The molecule has 5 nitrogen and oxygen atoms in total. The van der Waals surface area contributed by atoms with Crippen LogP contribution in [0.5, 0.6) is 0 Å². The molecular weight excluding hydrogens is 268 g/mol. The maximum absolute atomic E-state index is 12.8. The highest BCUT2D eigenvalue weighted by atomic mass is 16.5. The van der Waals surface area contributed by atoms with Crippen molar-refractivity contribution in [3.63, 3.8) is 0 Å². The summed E-state index contributed by atoms with van der Waals surface area (Å²) >= 11 is 0. The minimum absolute atomic E-state index is 0.000951. The fourth-order valence-corrected chi connectivity index (χ4v) is 2.26. The Bertz CT molecular complexity index is 463.